The highest BCUT2D eigenvalue weighted by Gasteiger charge is 2.27. The number of nitrogens with zero attached hydrogens (tertiary/aromatic N) is 3. The summed E-state index contributed by atoms with van der Waals surface area (Å²) in [4.78, 5) is 31.3. The van der Waals surface area contributed by atoms with Gasteiger partial charge in [0.15, 0.2) is 5.76 Å². The molecule has 1 atom stereocenters. The third kappa shape index (κ3) is 2.50. The van der Waals surface area contributed by atoms with Gasteiger partial charge >= 0.3 is 0 Å². The molecule has 0 unspecified atom stereocenters. The molecule has 3 aromatic rings. The highest BCUT2D eigenvalue weighted by Crippen LogP contribution is 2.22. The van der Waals surface area contributed by atoms with Crippen LogP contribution in [0.5, 0.6) is 0 Å². The van der Waals surface area contributed by atoms with Gasteiger partial charge in [0.2, 0.25) is 0 Å². The zero-order chi connectivity index (χ0) is 16.5. The molecule has 0 bridgehead atoms. The molecule has 0 saturated carbocycles. The van der Waals surface area contributed by atoms with E-state index in [1.807, 2.05) is 18.2 Å². The summed E-state index contributed by atoms with van der Waals surface area (Å²) in [5.74, 6) is 0.200. The molecular weight excluding hydrogens is 306 g/mol. The maximum atomic E-state index is 12.7. The number of carbonyl (C=O) groups is 1. The molecule has 6 heteroatoms. The topological polar surface area (TPSA) is 68.3 Å². The fraction of sp³-hybridized carbons (Fsp3) is 0.278. The number of hydrogen-bond acceptors (Lipinski definition) is 4. The molecule has 6 nitrogen and oxygen atoms in total. The van der Waals surface area contributed by atoms with Crippen molar-refractivity contribution >= 4 is 16.8 Å². The van der Waals surface area contributed by atoms with E-state index in [9.17, 15) is 9.59 Å². The molecule has 1 saturated heterocycles. The second kappa shape index (κ2) is 5.96. The molecule has 1 fully saturated rings. The van der Waals surface area contributed by atoms with Crippen molar-refractivity contribution in [1.29, 1.82) is 0 Å². The Morgan fingerprint density at radius 3 is 2.92 bits per heavy atom. The van der Waals surface area contributed by atoms with Gasteiger partial charge in [0.05, 0.1) is 29.5 Å². The van der Waals surface area contributed by atoms with E-state index in [0.29, 0.717) is 29.8 Å². The molecule has 2 aromatic heterocycles. The van der Waals surface area contributed by atoms with Crippen molar-refractivity contribution < 1.29 is 9.21 Å². The lowest BCUT2D eigenvalue weighted by Crippen LogP contribution is -2.42. The molecule has 4 rings (SSSR count). The van der Waals surface area contributed by atoms with Gasteiger partial charge in [-0.05, 0) is 37.1 Å². The monoisotopic (exact) mass is 323 g/mol. The van der Waals surface area contributed by atoms with E-state index in [1.54, 1.807) is 34.0 Å². The number of piperidine rings is 1. The predicted molar refractivity (Wildman–Crippen MR) is 88.9 cm³/mol. The molecule has 1 aliphatic heterocycles. The Hall–Kier alpha value is -2.89. The lowest BCUT2D eigenvalue weighted by molar-refractivity contribution is 0.0645. The van der Waals surface area contributed by atoms with Crippen molar-refractivity contribution in [3.05, 3.63) is 65.1 Å². The first-order valence-electron chi connectivity index (χ1n) is 8.03. The van der Waals surface area contributed by atoms with Crippen molar-refractivity contribution in [1.82, 2.24) is 14.5 Å². The first-order chi connectivity index (χ1) is 11.7. The van der Waals surface area contributed by atoms with Crippen LogP contribution in [0.15, 0.2) is 58.2 Å². The van der Waals surface area contributed by atoms with E-state index in [0.717, 1.165) is 12.8 Å². The van der Waals surface area contributed by atoms with E-state index in [1.165, 1.54) is 6.26 Å². The first kappa shape index (κ1) is 14.7. The maximum absolute atomic E-state index is 12.7. The number of benzene rings is 1. The number of fused-ring (bicyclic) bond motifs is 1. The van der Waals surface area contributed by atoms with Gasteiger partial charge < -0.3 is 9.32 Å². The molecule has 0 spiro atoms. The van der Waals surface area contributed by atoms with Gasteiger partial charge in [0.1, 0.15) is 0 Å². The Kier molecular flexibility index (Phi) is 3.65. The molecule has 0 aliphatic carbocycles. The SMILES string of the molecule is O=C(c1ccco1)N1CCC[C@@H](n2cnc3ccccc3c2=O)C1. The van der Waals surface area contributed by atoms with Crippen LogP contribution in [0.3, 0.4) is 0 Å². The average molecular weight is 323 g/mol. The van der Waals surface area contributed by atoms with Crippen LogP contribution in [-0.4, -0.2) is 33.4 Å². The van der Waals surface area contributed by atoms with E-state index in [-0.39, 0.29) is 17.5 Å². The van der Waals surface area contributed by atoms with Crippen LogP contribution >= 0.6 is 0 Å². The van der Waals surface area contributed by atoms with Gasteiger partial charge in [0, 0.05) is 13.1 Å². The Labute approximate surface area is 138 Å². The Morgan fingerprint density at radius 1 is 1.21 bits per heavy atom. The van der Waals surface area contributed by atoms with Crippen molar-refractivity contribution in [2.75, 3.05) is 13.1 Å². The van der Waals surface area contributed by atoms with E-state index in [4.69, 9.17) is 4.42 Å². The normalized spacial score (nSPS) is 18.0. The van der Waals surface area contributed by atoms with Gasteiger partial charge in [-0.25, -0.2) is 4.98 Å². The fourth-order valence-corrected chi connectivity index (χ4v) is 3.27. The molecule has 24 heavy (non-hydrogen) atoms. The third-order valence-electron chi connectivity index (χ3n) is 4.50. The largest absolute Gasteiger partial charge is 0.459 e. The summed E-state index contributed by atoms with van der Waals surface area (Å²) >= 11 is 0. The lowest BCUT2D eigenvalue weighted by atomic mass is 10.0. The van der Waals surface area contributed by atoms with Crippen LogP contribution in [0, 0.1) is 0 Å². The van der Waals surface area contributed by atoms with Crippen molar-refractivity contribution in [2.24, 2.45) is 0 Å². The van der Waals surface area contributed by atoms with E-state index < -0.39 is 0 Å². The smallest absolute Gasteiger partial charge is 0.289 e. The summed E-state index contributed by atoms with van der Waals surface area (Å²) in [5.41, 5.74) is 0.635. The summed E-state index contributed by atoms with van der Waals surface area (Å²) in [6.45, 7) is 1.16. The summed E-state index contributed by atoms with van der Waals surface area (Å²) in [6, 6.07) is 10.6. The molecule has 1 aromatic carbocycles. The van der Waals surface area contributed by atoms with Gasteiger partial charge in [-0.3, -0.25) is 14.2 Å². The number of furan rings is 1. The molecule has 0 radical (unpaired) electrons. The van der Waals surface area contributed by atoms with E-state index >= 15 is 0 Å². The molecule has 3 heterocycles. The first-order valence-corrected chi connectivity index (χ1v) is 8.03. The van der Waals surface area contributed by atoms with E-state index in [2.05, 4.69) is 4.98 Å². The number of hydrogen-bond donors (Lipinski definition) is 0. The summed E-state index contributed by atoms with van der Waals surface area (Å²) in [6.07, 6.45) is 4.78. The van der Waals surface area contributed by atoms with Crippen LogP contribution < -0.4 is 5.56 Å². The highest BCUT2D eigenvalue weighted by atomic mass is 16.3. The predicted octanol–water partition coefficient (Wildman–Crippen LogP) is 2.47. The van der Waals surface area contributed by atoms with Crippen LogP contribution in [0.2, 0.25) is 0 Å². The van der Waals surface area contributed by atoms with Crippen LogP contribution in [-0.2, 0) is 0 Å². The van der Waals surface area contributed by atoms with Gasteiger partial charge in [-0.2, -0.15) is 0 Å². The van der Waals surface area contributed by atoms with Gasteiger partial charge in [0.25, 0.3) is 11.5 Å². The minimum Gasteiger partial charge on any atom is -0.459 e. The zero-order valence-electron chi connectivity index (χ0n) is 13.1. The highest BCUT2D eigenvalue weighted by molar-refractivity contribution is 5.91. The van der Waals surface area contributed by atoms with Crippen LogP contribution in [0.1, 0.15) is 29.4 Å². The Morgan fingerprint density at radius 2 is 2.08 bits per heavy atom. The number of aromatic nitrogens is 2. The molecule has 1 amide bonds. The fourth-order valence-electron chi connectivity index (χ4n) is 3.27. The number of likely N-dealkylation sites (tertiary alicyclic amines) is 1. The number of para-hydroxylation sites is 1. The van der Waals surface area contributed by atoms with Crippen LogP contribution in [0.25, 0.3) is 10.9 Å². The van der Waals surface area contributed by atoms with Crippen molar-refractivity contribution in [3.8, 4) is 0 Å². The minimum absolute atomic E-state index is 0.0575. The molecule has 1 aliphatic rings. The van der Waals surface area contributed by atoms with Gasteiger partial charge in [-0.15, -0.1) is 0 Å². The Balaban J connectivity index is 1.64. The number of rotatable bonds is 2. The third-order valence-corrected chi connectivity index (χ3v) is 4.50. The zero-order valence-corrected chi connectivity index (χ0v) is 13.1. The number of amides is 1. The van der Waals surface area contributed by atoms with Crippen LogP contribution in [0.4, 0.5) is 0 Å². The van der Waals surface area contributed by atoms with Gasteiger partial charge in [-0.1, -0.05) is 12.1 Å². The second-order valence-corrected chi connectivity index (χ2v) is 6.00. The summed E-state index contributed by atoms with van der Waals surface area (Å²) < 4.78 is 6.86. The average Bonchev–Trinajstić information content (AvgIpc) is 3.16. The van der Waals surface area contributed by atoms with Crippen molar-refractivity contribution in [3.63, 3.8) is 0 Å². The second-order valence-electron chi connectivity index (χ2n) is 6.00. The summed E-state index contributed by atoms with van der Waals surface area (Å²) in [7, 11) is 0. The minimum atomic E-state index is -0.133. The summed E-state index contributed by atoms with van der Waals surface area (Å²) in [5, 5.41) is 0.606. The number of carbonyl (C=O) groups excluding carboxylic acids is 1. The standard InChI is InChI=1S/C18H17N3O3/c22-17-14-6-1-2-7-15(14)19-12-21(17)13-5-3-9-20(11-13)18(23)16-8-4-10-24-16/h1-2,4,6-8,10,12-13H,3,5,9,11H2/t13-/m1/s1. The Bertz CT molecular complexity index is 930. The lowest BCUT2D eigenvalue weighted by Gasteiger charge is -2.33. The molecule has 0 N–H and O–H groups in total. The molecular formula is C18H17N3O3. The maximum Gasteiger partial charge on any atom is 0.289 e. The quantitative estimate of drug-likeness (QED) is 0.726. The molecule has 122 valence electrons. The van der Waals surface area contributed by atoms with Crippen molar-refractivity contribution in [2.45, 2.75) is 18.9 Å².